The molecule has 0 aliphatic heterocycles. The summed E-state index contributed by atoms with van der Waals surface area (Å²) in [6, 6.07) is 2.06. The summed E-state index contributed by atoms with van der Waals surface area (Å²) >= 11 is 0. The van der Waals surface area contributed by atoms with Crippen LogP contribution in [0.25, 0.3) is 0 Å². The molecule has 0 bridgehead atoms. The first kappa shape index (κ1) is 9.38. The maximum Gasteiger partial charge on any atom is 0.168 e. The Morgan fingerprint density at radius 2 is 2.50 bits per heavy atom. The van der Waals surface area contributed by atoms with Gasteiger partial charge in [0.2, 0.25) is 0 Å². The molecule has 1 unspecified atom stereocenters. The smallest absolute Gasteiger partial charge is 0.168 e. The number of hydrogen-bond acceptors (Lipinski definition) is 2. The molecule has 1 aliphatic carbocycles. The fraction of sp³-hybridized carbons (Fsp3) is 0.500. The van der Waals surface area contributed by atoms with E-state index >= 15 is 0 Å². The summed E-state index contributed by atoms with van der Waals surface area (Å²) in [7, 11) is 0. The van der Waals surface area contributed by atoms with E-state index in [0.29, 0.717) is 5.69 Å². The maximum absolute atomic E-state index is 10.8. The molecule has 0 amide bonds. The highest BCUT2D eigenvalue weighted by atomic mass is 16.1. The first-order valence-electron chi connectivity index (χ1n) is 5.27. The van der Waals surface area contributed by atoms with Gasteiger partial charge in [-0.3, -0.25) is 9.78 Å². The number of hydrogen-bond donors (Lipinski definition) is 0. The second kappa shape index (κ2) is 3.91. The second-order valence-corrected chi connectivity index (χ2v) is 3.97. The Morgan fingerprint density at radius 1 is 1.64 bits per heavy atom. The van der Waals surface area contributed by atoms with Gasteiger partial charge >= 0.3 is 0 Å². The predicted octanol–water partition coefficient (Wildman–Crippen LogP) is 2.41. The molecule has 1 heterocycles. The van der Waals surface area contributed by atoms with Crippen LogP contribution in [0.2, 0.25) is 0 Å². The Kier molecular flexibility index (Phi) is 2.62. The quantitative estimate of drug-likeness (QED) is 0.669. The van der Waals surface area contributed by atoms with Gasteiger partial charge in [0.05, 0.1) is 0 Å². The first-order valence-corrected chi connectivity index (χ1v) is 5.27. The highest BCUT2D eigenvalue weighted by Crippen LogP contribution is 2.28. The van der Waals surface area contributed by atoms with Crippen molar-refractivity contribution in [3.63, 3.8) is 0 Å². The number of carbonyl (C=O) groups excluding carboxylic acids is 1. The van der Waals surface area contributed by atoms with Gasteiger partial charge in [0.25, 0.3) is 0 Å². The number of nitrogens with zero attached hydrogens (tertiary/aromatic N) is 1. The Hall–Kier alpha value is -1.18. The number of rotatable bonds is 2. The lowest BCUT2D eigenvalue weighted by molar-refractivity contribution is 0.111. The van der Waals surface area contributed by atoms with Crippen molar-refractivity contribution in [1.29, 1.82) is 0 Å². The number of pyridine rings is 1. The lowest BCUT2D eigenvalue weighted by Crippen LogP contribution is -2.15. The zero-order valence-corrected chi connectivity index (χ0v) is 8.49. The van der Waals surface area contributed by atoms with E-state index in [2.05, 4.69) is 18.0 Å². The fourth-order valence-corrected chi connectivity index (χ4v) is 2.24. The van der Waals surface area contributed by atoms with E-state index in [1.165, 1.54) is 24.0 Å². The summed E-state index contributed by atoms with van der Waals surface area (Å²) in [4.78, 5) is 14.9. The molecule has 0 fully saturated rings. The van der Waals surface area contributed by atoms with Crippen LogP contribution in [0.4, 0.5) is 0 Å². The molecule has 1 aromatic heterocycles. The van der Waals surface area contributed by atoms with Gasteiger partial charge in [-0.1, -0.05) is 13.3 Å². The van der Waals surface area contributed by atoms with Gasteiger partial charge in [-0.05, 0) is 42.4 Å². The molecule has 74 valence electrons. The molecule has 1 aliphatic rings. The summed E-state index contributed by atoms with van der Waals surface area (Å²) in [5.74, 6) is 0.796. The van der Waals surface area contributed by atoms with E-state index in [4.69, 9.17) is 0 Å². The average molecular weight is 189 g/mol. The van der Waals surface area contributed by atoms with Crippen LogP contribution >= 0.6 is 0 Å². The molecule has 0 radical (unpaired) electrons. The highest BCUT2D eigenvalue weighted by molar-refractivity contribution is 5.75. The molecule has 2 rings (SSSR count). The minimum absolute atomic E-state index is 0.650. The van der Waals surface area contributed by atoms with Crippen LogP contribution < -0.4 is 0 Å². The normalized spacial score (nSPS) is 20.2. The summed E-state index contributed by atoms with van der Waals surface area (Å²) in [6.45, 7) is 2.23. The van der Waals surface area contributed by atoms with Crippen molar-refractivity contribution in [3.05, 3.63) is 29.1 Å². The highest BCUT2D eigenvalue weighted by Gasteiger charge is 2.19. The van der Waals surface area contributed by atoms with Crippen LogP contribution in [0.3, 0.4) is 0 Å². The summed E-state index contributed by atoms with van der Waals surface area (Å²) in [5, 5.41) is 0. The minimum atomic E-state index is 0.650. The third-order valence-corrected chi connectivity index (χ3v) is 3.19. The molecule has 0 spiro atoms. The van der Waals surface area contributed by atoms with E-state index in [1.807, 2.05) is 0 Å². The number of aromatic nitrogens is 1. The van der Waals surface area contributed by atoms with Crippen LogP contribution in [0.15, 0.2) is 12.3 Å². The van der Waals surface area contributed by atoms with Gasteiger partial charge in [0, 0.05) is 6.20 Å². The average Bonchev–Trinajstić information content (AvgIpc) is 2.27. The maximum atomic E-state index is 10.8. The Bertz CT molecular complexity index is 346. The van der Waals surface area contributed by atoms with E-state index in [9.17, 15) is 4.79 Å². The van der Waals surface area contributed by atoms with Gasteiger partial charge in [0.1, 0.15) is 5.69 Å². The minimum Gasteiger partial charge on any atom is -0.296 e. The number of aldehydes is 1. The summed E-state index contributed by atoms with van der Waals surface area (Å²) in [6.07, 6.45) is 7.21. The molecular formula is C12H15NO. The second-order valence-electron chi connectivity index (χ2n) is 3.97. The molecule has 0 saturated heterocycles. The van der Waals surface area contributed by atoms with Gasteiger partial charge in [-0.15, -0.1) is 0 Å². The van der Waals surface area contributed by atoms with Crippen LogP contribution in [-0.2, 0) is 12.8 Å². The SMILES string of the molecule is CCC1CCc2c(ccnc2C=O)C1. The third-order valence-electron chi connectivity index (χ3n) is 3.19. The lowest BCUT2D eigenvalue weighted by Gasteiger charge is -2.23. The molecule has 1 atom stereocenters. The molecule has 0 saturated carbocycles. The number of fused-ring (bicyclic) bond motifs is 1. The predicted molar refractivity (Wildman–Crippen MR) is 55.4 cm³/mol. The molecule has 2 heteroatoms. The summed E-state index contributed by atoms with van der Waals surface area (Å²) < 4.78 is 0. The van der Waals surface area contributed by atoms with Crippen molar-refractivity contribution in [3.8, 4) is 0 Å². The third kappa shape index (κ3) is 1.57. The van der Waals surface area contributed by atoms with Gasteiger partial charge in [-0.2, -0.15) is 0 Å². The topological polar surface area (TPSA) is 30.0 Å². The largest absolute Gasteiger partial charge is 0.296 e. The zero-order valence-electron chi connectivity index (χ0n) is 8.49. The van der Waals surface area contributed by atoms with Crippen molar-refractivity contribution >= 4 is 6.29 Å². The molecule has 1 aromatic rings. The van der Waals surface area contributed by atoms with Gasteiger partial charge in [-0.25, -0.2) is 0 Å². The van der Waals surface area contributed by atoms with Crippen LogP contribution in [0, 0.1) is 5.92 Å². The van der Waals surface area contributed by atoms with Crippen molar-refractivity contribution in [1.82, 2.24) is 4.98 Å². The fourth-order valence-electron chi connectivity index (χ4n) is 2.24. The van der Waals surface area contributed by atoms with E-state index in [0.717, 1.165) is 25.0 Å². The Morgan fingerprint density at radius 3 is 3.21 bits per heavy atom. The monoisotopic (exact) mass is 189 g/mol. The molecule has 0 N–H and O–H groups in total. The van der Waals surface area contributed by atoms with Gasteiger partial charge < -0.3 is 0 Å². The van der Waals surface area contributed by atoms with E-state index in [-0.39, 0.29) is 0 Å². The molecular weight excluding hydrogens is 174 g/mol. The zero-order chi connectivity index (χ0) is 9.97. The lowest BCUT2D eigenvalue weighted by atomic mass is 9.82. The van der Waals surface area contributed by atoms with Crippen LogP contribution in [0.5, 0.6) is 0 Å². The van der Waals surface area contributed by atoms with E-state index in [1.54, 1.807) is 6.20 Å². The summed E-state index contributed by atoms with van der Waals surface area (Å²) in [5.41, 5.74) is 3.17. The Labute approximate surface area is 84.4 Å². The van der Waals surface area contributed by atoms with Crippen LogP contribution in [0.1, 0.15) is 41.4 Å². The number of carbonyl (C=O) groups is 1. The Balaban J connectivity index is 2.35. The standard InChI is InChI=1S/C12H15NO/c1-2-9-3-4-11-10(7-9)5-6-13-12(11)8-14/h5-6,8-9H,2-4,7H2,1H3. The molecule has 0 aromatic carbocycles. The van der Waals surface area contributed by atoms with Crippen molar-refractivity contribution in [2.24, 2.45) is 5.92 Å². The molecule has 14 heavy (non-hydrogen) atoms. The van der Waals surface area contributed by atoms with Crippen LogP contribution in [-0.4, -0.2) is 11.3 Å². The van der Waals surface area contributed by atoms with Crippen molar-refractivity contribution in [2.45, 2.75) is 32.6 Å². The van der Waals surface area contributed by atoms with Crippen molar-refractivity contribution in [2.75, 3.05) is 0 Å². The van der Waals surface area contributed by atoms with Crippen molar-refractivity contribution < 1.29 is 4.79 Å². The van der Waals surface area contributed by atoms with E-state index < -0.39 is 0 Å². The van der Waals surface area contributed by atoms with Gasteiger partial charge in [0.15, 0.2) is 6.29 Å². The first-order chi connectivity index (χ1) is 6.85. The molecule has 2 nitrogen and oxygen atoms in total.